The van der Waals surface area contributed by atoms with Crippen LogP contribution in [-0.4, -0.2) is 68.2 Å². The molecular weight excluding hydrogens is 398 g/mol. The van der Waals surface area contributed by atoms with Gasteiger partial charge in [0.25, 0.3) is 0 Å². The van der Waals surface area contributed by atoms with Crippen molar-refractivity contribution in [3.8, 4) is 0 Å². The van der Waals surface area contributed by atoms with Gasteiger partial charge in [0.15, 0.2) is 0 Å². The Bertz CT molecular complexity index is 1010. The predicted molar refractivity (Wildman–Crippen MR) is 119 cm³/mol. The summed E-state index contributed by atoms with van der Waals surface area (Å²) in [5.41, 5.74) is 4.08. The molecule has 0 bridgehead atoms. The quantitative estimate of drug-likeness (QED) is 0.708. The molecule has 1 saturated heterocycles. The summed E-state index contributed by atoms with van der Waals surface area (Å²) in [7, 11) is -1.61. The van der Waals surface area contributed by atoms with E-state index in [0.717, 1.165) is 11.1 Å². The topological polar surface area (TPSA) is 60.9 Å². The second-order valence-corrected chi connectivity index (χ2v) is 10.1. The van der Waals surface area contributed by atoms with Crippen molar-refractivity contribution in [3.05, 3.63) is 64.7 Å². The molecule has 1 fully saturated rings. The van der Waals surface area contributed by atoms with Crippen LogP contribution in [0.1, 0.15) is 22.3 Å². The fraction of sp³-hybridized carbons (Fsp3) is 0.435. The first-order valence-corrected chi connectivity index (χ1v) is 11.7. The molecule has 0 aliphatic carbocycles. The summed E-state index contributed by atoms with van der Waals surface area (Å²) in [4.78, 5) is 16.9. The molecule has 7 heteroatoms. The van der Waals surface area contributed by atoms with Gasteiger partial charge in [-0.05, 0) is 56.1 Å². The van der Waals surface area contributed by atoms with Crippen LogP contribution >= 0.6 is 0 Å². The third-order valence-electron chi connectivity index (χ3n) is 5.66. The van der Waals surface area contributed by atoms with Crippen molar-refractivity contribution in [3.63, 3.8) is 0 Å². The van der Waals surface area contributed by atoms with Gasteiger partial charge in [0, 0.05) is 32.7 Å². The van der Waals surface area contributed by atoms with Crippen molar-refractivity contribution < 1.29 is 13.2 Å². The van der Waals surface area contributed by atoms with E-state index in [4.69, 9.17) is 0 Å². The van der Waals surface area contributed by atoms with Gasteiger partial charge in [0.05, 0.1) is 11.4 Å². The number of hydrogen-bond donors (Lipinski definition) is 0. The number of amides is 1. The van der Waals surface area contributed by atoms with Gasteiger partial charge in [0.2, 0.25) is 15.9 Å². The van der Waals surface area contributed by atoms with Crippen molar-refractivity contribution in [2.24, 2.45) is 0 Å². The maximum Gasteiger partial charge on any atom is 0.243 e. The van der Waals surface area contributed by atoms with E-state index in [1.54, 1.807) is 11.0 Å². The van der Waals surface area contributed by atoms with Crippen molar-refractivity contribution in [2.75, 3.05) is 39.8 Å². The van der Waals surface area contributed by atoms with E-state index in [2.05, 4.69) is 19.1 Å². The van der Waals surface area contributed by atoms with Crippen molar-refractivity contribution >= 4 is 15.9 Å². The van der Waals surface area contributed by atoms with E-state index in [0.29, 0.717) is 44.2 Å². The van der Waals surface area contributed by atoms with Crippen LogP contribution in [0.15, 0.2) is 47.4 Å². The Labute approximate surface area is 180 Å². The number of hydrogen-bond acceptors (Lipinski definition) is 4. The Kier molecular flexibility index (Phi) is 6.95. The normalized spacial score (nSPS) is 15.6. The lowest BCUT2D eigenvalue weighted by Gasteiger charge is -2.35. The molecule has 0 saturated carbocycles. The number of aryl methyl sites for hydroxylation is 3. The number of piperazine rings is 1. The first-order chi connectivity index (χ1) is 14.2. The minimum atomic E-state index is -3.55. The molecule has 0 radical (unpaired) electrons. The molecule has 3 rings (SSSR count). The Morgan fingerprint density at radius 1 is 0.967 bits per heavy atom. The second kappa shape index (κ2) is 9.29. The number of rotatable bonds is 6. The van der Waals surface area contributed by atoms with Crippen LogP contribution in [0.3, 0.4) is 0 Å². The van der Waals surface area contributed by atoms with Gasteiger partial charge < -0.3 is 4.90 Å². The number of carbonyl (C=O) groups is 1. The zero-order valence-electron chi connectivity index (χ0n) is 18.3. The van der Waals surface area contributed by atoms with Crippen LogP contribution in [0.4, 0.5) is 0 Å². The lowest BCUT2D eigenvalue weighted by Crippen LogP contribution is -2.52. The molecule has 0 atom stereocenters. The molecule has 0 unspecified atom stereocenters. The van der Waals surface area contributed by atoms with E-state index < -0.39 is 10.0 Å². The molecule has 1 aliphatic heterocycles. The van der Waals surface area contributed by atoms with Crippen molar-refractivity contribution in [2.45, 2.75) is 32.2 Å². The zero-order valence-corrected chi connectivity index (χ0v) is 19.1. The number of likely N-dealkylation sites (N-methyl/N-ethyl adjacent to an activating group) is 1. The van der Waals surface area contributed by atoms with Gasteiger partial charge >= 0.3 is 0 Å². The molecule has 0 aromatic heterocycles. The summed E-state index contributed by atoms with van der Waals surface area (Å²) in [5, 5.41) is 0. The summed E-state index contributed by atoms with van der Waals surface area (Å²) in [5.74, 6) is 0.0369. The summed E-state index contributed by atoms with van der Waals surface area (Å²) >= 11 is 0. The van der Waals surface area contributed by atoms with Crippen molar-refractivity contribution in [1.29, 1.82) is 0 Å². The van der Waals surface area contributed by atoms with Crippen LogP contribution in [0, 0.1) is 20.8 Å². The number of nitrogens with zero attached hydrogens (tertiary/aromatic N) is 3. The summed E-state index contributed by atoms with van der Waals surface area (Å²) in [6.07, 6.45) is 0. The van der Waals surface area contributed by atoms with Crippen LogP contribution in [-0.2, 0) is 21.4 Å². The highest BCUT2D eigenvalue weighted by molar-refractivity contribution is 7.89. The van der Waals surface area contributed by atoms with Gasteiger partial charge in [-0.25, -0.2) is 8.42 Å². The monoisotopic (exact) mass is 429 g/mol. The maximum absolute atomic E-state index is 13.1. The van der Waals surface area contributed by atoms with Crippen LogP contribution < -0.4 is 0 Å². The first-order valence-electron chi connectivity index (χ1n) is 10.3. The smallest absolute Gasteiger partial charge is 0.243 e. The average Bonchev–Trinajstić information content (AvgIpc) is 2.71. The maximum atomic E-state index is 13.1. The van der Waals surface area contributed by atoms with Gasteiger partial charge in [-0.15, -0.1) is 0 Å². The Morgan fingerprint density at radius 2 is 1.63 bits per heavy atom. The minimum Gasteiger partial charge on any atom is -0.339 e. The van der Waals surface area contributed by atoms with E-state index in [9.17, 15) is 13.2 Å². The van der Waals surface area contributed by atoms with Gasteiger partial charge in [-0.2, -0.15) is 4.31 Å². The predicted octanol–water partition coefficient (Wildman–Crippen LogP) is 2.58. The minimum absolute atomic E-state index is 0.0369. The van der Waals surface area contributed by atoms with Gasteiger partial charge in [-0.3, -0.25) is 9.69 Å². The fourth-order valence-corrected chi connectivity index (χ4v) is 5.50. The summed E-state index contributed by atoms with van der Waals surface area (Å²) < 4.78 is 27.6. The molecular formula is C23H31N3O3S. The number of benzene rings is 2. The molecule has 162 valence electrons. The molecule has 1 heterocycles. The third-order valence-corrected chi connectivity index (χ3v) is 7.70. The summed E-state index contributed by atoms with van der Waals surface area (Å²) in [6.45, 7) is 8.28. The highest BCUT2D eigenvalue weighted by Gasteiger charge is 2.31. The molecule has 6 nitrogen and oxygen atoms in total. The molecule has 30 heavy (non-hydrogen) atoms. The van der Waals surface area contributed by atoms with E-state index in [1.165, 1.54) is 15.4 Å². The van der Waals surface area contributed by atoms with E-state index in [-0.39, 0.29) is 5.91 Å². The SMILES string of the molecule is Cc1ccc(C)c(S(=O)(=O)N2CCN(C(=O)CN(C)Cc3ccccc3C)CC2)c1. The fourth-order valence-electron chi connectivity index (χ4n) is 3.77. The second-order valence-electron chi connectivity index (χ2n) is 8.15. The molecule has 1 aliphatic rings. The lowest BCUT2D eigenvalue weighted by molar-refractivity contribution is -0.133. The average molecular weight is 430 g/mol. The molecule has 1 amide bonds. The van der Waals surface area contributed by atoms with Crippen LogP contribution in [0.5, 0.6) is 0 Å². The third kappa shape index (κ3) is 5.09. The Balaban J connectivity index is 1.57. The van der Waals surface area contributed by atoms with Crippen molar-refractivity contribution in [1.82, 2.24) is 14.1 Å². The van der Waals surface area contributed by atoms with E-state index in [1.807, 2.05) is 50.1 Å². The Hall–Kier alpha value is -2.22. The molecule has 2 aromatic carbocycles. The number of sulfonamides is 1. The summed E-state index contributed by atoms with van der Waals surface area (Å²) in [6, 6.07) is 13.6. The number of carbonyl (C=O) groups excluding carboxylic acids is 1. The zero-order chi connectivity index (χ0) is 21.9. The standard InChI is InChI=1S/C23H31N3O3S/c1-18-9-10-20(3)22(15-18)30(28,29)26-13-11-25(12-14-26)23(27)17-24(4)16-21-8-6-5-7-19(21)2/h5-10,15H,11-14,16-17H2,1-4H3. The lowest BCUT2D eigenvalue weighted by atomic mass is 10.1. The van der Waals surface area contributed by atoms with Crippen LogP contribution in [0.2, 0.25) is 0 Å². The van der Waals surface area contributed by atoms with Crippen LogP contribution in [0.25, 0.3) is 0 Å². The largest absolute Gasteiger partial charge is 0.339 e. The highest BCUT2D eigenvalue weighted by Crippen LogP contribution is 2.22. The molecule has 0 spiro atoms. The Morgan fingerprint density at radius 3 is 2.30 bits per heavy atom. The van der Waals surface area contributed by atoms with Gasteiger partial charge in [-0.1, -0.05) is 36.4 Å². The molecule has 0 N–H and O–H groups in total. The van der Waals surface area contributed by atoms with Gasteiger partial charge in [0.1, 0.15) is 0 Å². The highest BCUT2D eigenvalue weighted by atomic mass is 32.2. The molecule has 2 aromatic rings. The van der Waals surface area contributed by atoms with E-state index >= 15 is 0 Å². The first kappa shape index (κ1) is 22.5.